The average molecular weight is 468 g/mol. The fourth-order valence-electron chi connectivity index (χ4n) is 2.16. The second-order valence-electron chi connectivity index (χ2n) is 5.46. The van der Waals surface area contributed by atoms with E-state index in [1.807, 2.05) is 41.5 Å². The van der Waals surface area contributed by atoms with Crippen LogP contribution in [-0.4, -0.2) is 124 Å². The molecule has 4 N–H and O–H groups in total. The summed E-state index contributed by atoms with van der Waals surface area (Å²) in [5.74, 6) is -4.77. The summed E-state index contributed by atoms with van der Waals surface area (Å²) in [6.07, 6.45) is 0.595. The van der Waals surface area contributed by atoms with E-state index in [-0.39, 0.29) is 32.7 Å². The van der Waals surface area contributed by atoms with Crippen molar-refractivity contribution >= 4 is 30.2 Å². The molecule has 0 aliphatic carbocycles. The van der Waals surface area contributed by atoms with Crippen LogP contribution < -0.4 is 0 Å². The highest BCUT2D eigenvalue weighted by Crippen LogP contribution is 1.96. The van der Waals surface area contributed by atoms with Crippen molar-refractivity contribution in [1.29, 1.82) is 0 Å². The molecule has 0 bridgehead atoms. The fraction of sp³-hybridized carbons (Fsp3) is 0.750. The summed E-state index contributed by atoms with van der Waals surface area (Å²) in [4.78, 5) is 57.7. The van der Waals surface area contributed by atoms with E-state index in [9.17, 15) is 24.0 Å². The van der Waals surface area contributed by atoms with Crippen LogP contribution >= 0.6 is 0 Å². The maximum absolute atomic E-state index is 10.8. The number of carboxylic acids is 4. The van der Waals surface area contributed by atoms with Gasteiger partial charge in [0.05, 0.1) is 32.7 Å². The van der Waals surface area contributed by atoms with Crippen molar-refractivity contribution in [3.05, 3.63) is 0 Å². The number of carbonyl (C=O) groups excluding carboxylic acids is 1. The minimum Gasteiger partial charge on any atom is -0.480 e. The van der Waals surface area contributed by atoms with Gasteiger partial charge in [-0.15, -0.1) is 0 Å². The molecule has 0 heterocycles. The van der Waals surface area contributed by atoms with Crippen molar-refractivity contribution in [2.45, 2.75) is 41.5 Å². The molecule has 0 aromatic heterocycles. The SMILES string of the molecule is CC.CC.CC.O=CCN(CCN(CC(=O)O)CC(=O)O)CCN(CC(=O)O)CC(=O)O. The molecule has 0 unspecified atom stereocenters. The van der Waals surface area contributed by atoms with Gasteiger partial charge >= 0.3 is 23.9 Å². The Hall–Kier alpha value is -2.57. The van der Waals surface area contributed by atoms with Gasteiger partial charge in [-0.1, -0.05) is 41.5 Å². The van der Waals surface area contributed by atoms with Gasteiger partial charge in [-0.25, -0.2) is 0 Å². The normalized spacial score (nSPS) is 9.53. The first-order valence-corrected chi connectivity index (χ1v) is 10.6. The summed E-state index contributed by atoms with van der Waals surface area (Å²) in [5, 5.41) is 35.1. The van der Waals surface area contributed by atoms with Crippen LogP contribution in [-0.2, 0) is 24.0 Å². The molecular formula is C20H41N3O9. The molecule has 12 heteroatoms. The van der Waals surface area contributed by atoms with E-state index < -0.39 is 50.1 Å². The van der Waals surface area contributed by atoms with Crippen molar-refractivity contribution < 1.29 is 44.4 Å². The zero-order valence-electron chi connectivity index (χ0n) is 20.1. The first-order chi connectivity index (χ1) is 15.1. The van der Waals surface area contributed by atoms with Crippen LogP contribution in [0.5, 0.6) is 0 Å². The zero-order valence-corrected chi connectivity index (χ0v) is 20.1. The Kier molecular flexibility index (Phi) is 30.4. The molecule has 0 spiro atoms. The number of carboxylic acid groups (broad SMARTS) is 4. The van der Waals surface area contributed by atoms with Crippen LogP contribution in [0.25, 0.3) is 0 Å². The van der Waals surface area contributed by atoms with Gasteiger partial charge in [0.2, 0.25) is 0 Å². The summed E-state index contributed by atoms with van der Waals surface area (Å²) in [6, 6.07) is 0. The van der Waals surface area contributed by atoms with E-state index in [1.165, 1.54) is 9.80 Å². The number of rotatable bonds is 16. The lowest BCUT2D eigenvalue weighted by Gasteiger charge is -2.26. The number of aliphatic carboxylic acids is 4. The van der Waals surface area contributed by atoms with Crippen LogP contribution in [0.3, 0.4) is 0 Å². The molecule has 32 heavy (non-hydrogen) atoms. The van der Waals surface area contributed by atoms with E-state index in [4.69, 9.17) is 20.4 Å². The molecular weight excluding hydrogens is 426 g/mol. The Morgan fingerprint density at radius 2 is 0.750 bits per heavy atom. The zero-order chi connectivity index (χ0) is 26.1. The molecule has 0 aromatic rings. The van der Waals surface area contributed by atoms with Crippen LogP contribution in [0.15, 0.2) is 0 Å². The van der Waals surface area contributed by atoms with Crippen molar-refractivity contribution in [3.8, 4) is 0 Å². The Balaban J connectivity index is -0.000000597. The molecule has 0 atom stereocenters. The highest BCUT2D eigenvalue weighted by molar-refractivity contribution is 5.73. The first kappa shape index (κ1) is 36.8. The Morgan fingerprint density at radius 1 is 0.531 bits per heavy atom. The number of nitrogens with zero attached hydrogens (tertiary/aromatic N) is 3. The third-order valence-electron chi connectivity index (χ3n) is 3.23. The molecule has 0 rings (SSSR count). The molecule has 12 nitrogen and oxygen atoms in total. The van der Waals surface area contributed by atoms with Gasteiger partial charge in [-0.2, -0.15) is 0 Å². The predicted molar refractivity (Wildman–Crippen MR) is 120 cm³/mol. The van der Waals surface area contributed by atoms with Gasteiger partial charge in [0.1, 0.15) is 6.29 Å². The largest absolute Gasteiger partial charge is 0.480 e. The van der Waals surface area contributed by atoms with Gasteiger partial charge in [0.25, 0.3) is 0 Å². The molecule has 0 fully saturated rings. The van der Waals surface area contributed by atoms with Crippen molar-refractivity contribution in [1.82, 2.24) is 14.7 Å². The smallest absolute Gasteiger partial charge is 0.317 e. The molecule has 0 saturated carbocycles. The minimum atomic E-state index is -1.19. The summed E-state index contributed by atoms with van der Waals surface area (Å²) < 4.78 is 0. The van der Waals surface area contributed by atoms with E-state index in [0.29, 0.717) is 6.29 Å². The van der Waals surface area contributed by atoms with Crippen LogP contribution in [0.4, 0.5) is 0 Å². The third kappa shape index (κ3) is 27.4. The van der Waals surface area contributed by atoms with Crippen molar-refractivity contribution in [2.75, 3.05) is 58.9 Å². The quantitative estimate of drug-likeness (QED) is 0.232. The van der Waals surface area contributed by atoms with Gasteiger partial charge < -0.3 is 25.2 Å². The Morgan fingerprint density at radius 3 is 0.938 bits per heavy atom. The Labute approximate surface area is 190 Å². The highest BCUT2D eigenvalue weighted by atomic mass is 16.4. The van der Waals surface area contributed by atoms with Gasteiger partial charge in [-0.3, -0.25) is 33.9 Å². The number of aldehydes is 1. The van der Waals surface area contributed by atoms with Crippen molar-refractivity contribution in [2.24, 2.45) is 0 Å². The standard InChI is InChI=1S/C14H23N3O9.3C2H6/c18-6-5-15(1-3-16(7-11(19)20)8-12(21)22)2-4-17(9-13(23)24)10-14(25)26;3*1-2/h6H,1-5,7-10H2,(H,19,20)(H,21,22)(H,23,24)(H,25,26);3*1-2H3. The lowest BCUT2D eigenvalue weighted by molar-refractivity contribution is -0.143. The molecule has 0 saturated heterocycles. The fourth-order valence-corrected chi connectivity index (χ4v) is 2.16. The monoisotopic (exact) mass is 467 g/mol. The summed E-state index contributed by atoms with van der Waals surface area (Å²) in [7, 11) is 0. The maximum Gasteiger partial charge on any atom is 0.317 e. The molecule has 0 amide bonds. The van der Waals surface area contributed by atoms with E-state index in [0.717, 1.165) is 0 Å². The molecule has 190 valence electrons. The third-order valence-corrected chi connectivity index (χ3v) is 3.23. The minimum absolute atomic E-state index is 0.0397. The Bertz CT molecular complexity index is 445. The highest BCUT2D eigenvalue weighted by Gasteiger charge is 2.17. The van der Waals surface area contributed by atoms with Gasteiger partial charge in [0, 0.05) is 26.2 Å². The molecule has 0 radical (unpaired) electrons. The van der Waals surface area contributed by atoms with Crippen molar-refractivity contribution in [3.63, 3.8) is 0 Å². The van der Waals surface area contributed by atoms with E-state index in [1.54, 1.807) is 4.90 Å². The number of hydrogen-bond donors (Lipinski definition) is 4. The van der Waals surface area contributed by atoms with E-state index >= 15 is 0 Å². The lowest BCUT2D eigenvalue weighted by Crippen LogP contribution is -2.44. The average Bonchev–Trinajstić information content (AvgIpc) is 2.72. The first-order valence-electron chi connectivity index (χ1n) is 10.6. The number of hydrogen-bond acceptors (Lipinski definition) is 8. The molecule has 0 aliphatic heterocycles. The van der Waals surface area contributed by atoms with E-state index in [2.05, 4.69) is 0 Å². The van der Waals surface area contributed by atoms with Crippen LogP contribution in [0, 0.1) is 0 Å². The molecule has 0 aliphatic rings. The van der Waals surface area contributed by atoms with Crippen LogP contribution in [0.1, 0.15) is 41.5 Å². The van der Waals surface area contributed by atoms with Gasteiger partial charge in [-0.05, 0) is 0 Å². The topological polar surface area (TPSA) is 176 Å². The second-order valence-corrected chi connectivity index (χ2v) is 5.46. The summed E-state index contributed by atoms with van der Waals surface area (Å²) in [6.45, 7) is 10.5. The predicted octanol–water partition coefficient (Wildman–Crippen LogP) is 0.508. The van der Waals surface area contributed by atoms with Crippen LogP contribution in [0.2, 0.25) is 0 Å². The van der Waals surface area contributed by atoms with Gasteiger partial charge in [0.15, 0.2) is 0 Å². The number of carbonyl (C=O) groups is 5. The molecule has 0 aromatic carbocycles. The lowest BCUT2D eigenvalue weighted by atomic mass is 10.3. The maximum atomic E-state index is 10.8. The second kappa shape index (κ2) is 26.5. The summed E-state index contributed by atoms with van der Waals surface area (Å²) in [5.41, 5.74) is 0. The summed E-state index contributed by atoms with van der Waals surface area (Å²) >= 11 is 0.